The van der Waals surface area contributed by atoms with Gasteiger partial charge in [0, 0.05) is 18.9 Å². The maximum Gasteiger partial charge on any atom is 0.241 e. The van der Waals surface area contributed by atoms with E-state index in [-0.39, 0.29) is 0 Å². The first-order valence-electron chi connectivity index (χ1n) is 5.98. The molecule has 0 N–H and O–H groups in total. The van der Waals surface area contributed by atoms with Crippen molar-refractivity contribution in [3.05, 3.63) is 11.8 Å². The fourth-order valence-corrected chi connectivity index (χ4v) is 2.48. The van der Waals surface area contributed by atoms with E-state index in [1.165, 1.54) is 18.6 Å². The van der Waals surface area contributed by atoms with Crippen LogP contribution in [0, 0.1) is 5.92 Å². The molecule has 0 heterocycles. The smallest absolute Gasteiger partial charge is 0.241 e. The van der Waals surface area contributed by atoms with Crippen LogP contribution in [0.25, 0.3) is 0 Å². The summed E-state index contributed by atoms with van der Waals surface area (Å²) < 4.78 is 11.4. The second-order valence-corrected chi connectivity index (χ2v) is 9.67. The van der Waals surface area contributed by atoms with Crippen LogP contribution in [0.15, 0.2) is 11.8 Å². The summed E-state index contributed by atoms with van der Waals surface area (Å²) in [5, 5.41) is 0. The highest BCUT2D eigenvalue weighted by molar-refractivity contribution is 6.70. The van der Waals surface area contributed by atoms with Gasteiger partial charge in [0.25, 0.3) is 0 Å². The molecule has 0 aliphatic heterocycles. The minimum atomic E-state index is -1.37. The van der Waals surface area contributed by atoms with Gasteiger partial charge < -0.3 is 9.16 Å². The first kappa shape index (κ1) is 12.8. The number of ether oxygens (including phenoxy) is 1. The molecule has 0 aromatic heterocycles. The van der Waals surface area contributed by atoms with Crippen LogP contribution in [-0.2, 0) is 9.16 Å². The van der Waals surface area contributed by atoms with Crippen molar-refractivity contribution in [2.75, 3.05) is 13.2 Å². The highest BCUT2D eigenvalue weighted by Crippen LogP contribution is 2.29. The van der Waals surface area contributed by atoms with E-state index < -0.39 is 8.32 Å². The Morgan fingerprint density at radius 2 is 2.07 bits per heavy atom. The average Bonchev–Trinajstić information content (AvgIpc) is 2.05. The summed E-state index contributed by atoms with van der Waals surface area (Å²) >= 11 is 0. The Morgan fingerprint density at radius 1 is 1.40 bits per heavy atom. The minimum absolute atomic E-state index is 0.605. The quantitative estimate of drug-likeness (QED) is 0.490. The minimum Gasteiger partial charge on any atom is -0.548 e. The van der Waals surface area contributed by atoms with Crippen molar-refractivity contribution in [1.82, 2.24) is 0 Å². The Labute approximate surface area is 94.8 Å². The highest BCUT2D eigenvalue weighted by Gasteiger charge is 2.25. The lowest BCUT2D eigenvalue weighted by atomic mass is 9.94. The molecule has 88 valence electrons. The molecule has 0 aromatic carbocycles. The van der Waals surface area contributed by atoms with Crippen LogP contribution >= 0.6 is 0 Å². The first-order chi connectivity index (χ1) is 7.01. The summed E-state index contributed by atoms with van der Waals surface area (Å²) in [5.41, 5.74) is 0. The first-order valence-corrected chi connectivity index (χ1v) is 9.39. The number of hydrogen-bond donors (Lipinski definition) is 0. The van der Waals surface area contributed by atoms with E-state index in [9.17, 15) is 0 Å². The highest BCUT2D eigenvalue weighted by atomic mass is 28.4. The second-order valence-electron chi connectivity index (χ2n) is 5.24. The Balaban J connectivity index is 2.08. The van der Waals surface area contributed by atoms with Crippen molar-refractivity contribution in [2.45, 2.75) is 45.8 Å². The summed E-state index contributed by atoms with van der Waals surface area (Å²) in [6.07, 6.45) is 5.69. The van der Waals surface area contributed by atoms with E-state index in [4.69, 9.17) is 9.16 Å². The van der Waals surface area contributed by atoms with Gasteiger partial charge in [-0.05, 0) is 32.1 Å². The second kappa shape index (κ2) is 5.71. The molecular formula is C12H24O2Si. The van der Waals surface area contributed by atoms with Crippen molar-refractivity contribution < 1.29 is 9.16 Å². The predicted octanol–water partition coefficient (Wildman–Crippen LogP) is 3.56. The van der Waals surface area contributed by atoms with E-state index in [0.717, 1.165) is 19.6 Å². The van der Waals surface area contributed by atoms with Gasteiger partial charge in [0.2, 0.25) is 8.32 Å². The summed E-state index contributed by atoms with van der Waals surface area (Å²) in [4.78, 5) is 0. The van der Waals surface area contributed by atoms with Gasteiger partial charge in [-0.3, -0.25) is 0 Å². The van der Waals surface area contributed by atoms with Crippen LogP contribution in [0.3, 0.4) is 0 Å². The maximum atomic E-state index is 5.88. The zero-order valence-electron chi connectivity index (χ0n) is 10.5. The van der Waals surface area contributed by atoms with E-state index >= 15 is 0 Å². The summed E-state index contributed by atoms with van der Waals surface area (Å²) in [7, 11) is -1.37. The lowest BCUT2D eigenvalue weighted by Crippen LogP contribution is -2.29. The molecule has 1 unspecified atom stereocenters. The van der Waals surface area contributed by atoms with Crippen molar-refractivity contribution in [3.63, 3.8) is 0 Å². The lowest BCUT2D eigenvalue weighted by Gasteiger charge is -2.30. The lowest BCUT2D eigenvalue weighted by molar-refractivity contribution is 0.0980. The Bertz CT molecular complexity index is 218. The zero-order chi connectivity index (χ0) is 11.3. The molecule has 0 radical (unpaired) electrons. The van der Waals surface area contributed by atoms with Gasteiger partial charge >= 0.3 is 0 Å². The Morgan fingerprint density at radius 3 is 2.60 bits per heavy atom. The molecular weight excluding hydrogens is 204 g/mol. The number of unbranched alkanes of at least 4 members (excludes halogenated alkanes) is 1. The van der Waals surface area contributed by atoms with Gasteiger partial charge in [-0.15, -0.1) is 0 Å². The van der Waals surface area contributed by atoms with E-state index in [1.807, 2.05) is 0 Å². The van der Waals surface area contributed by atoms with Crippen LogP contribution in [0.1, 0.15) is 26.2 Å². The van der Waals surface area contributed by atoms with Gasteiger partial charge in [-0.25, -0.2) is 0 Å². The van der Waals surface area contributed by atoms with Gasteiger partial charge in [-0.2, -0.15) is 0 Å². The van der Waals surface area contributed by atoms with Crippen LogP contribution in [0.4, 0.5) is 0 Å². The molecule has 2 nitrogen and oxygen atoms in total. The zero-order valence-corrected chi connectivity index (χ0v) is 11.5. The Hall–Kier alpha value is -0.283. The summed E-state index contributed by atoms with van der Waals surface area (Å²) in [6.45, 7) is 10.6. The third-order valence-corrected chi connectivity index (χ3v) is 3.17. The molecule has 0 saturated carbocycles. The molecule has 1 aliphatic carbocycles. The third-order valence-electron chi connectivity index (χ3n) is 2.30. The molecule has 3 heteroatoms. The van der Waals surface area contributed by atoms with Crippen LogP contribution in [0.2, 0.25) is 19.6 Å². The van der Waals surface area contributed by atoms with Crippen LogP contribution in [-0.4, -0.2) is 21.5 Å². The van der Waals surface area contributed by atoms with Gasteiger partial charge in [0.1, 0.15) is 0 Å². The number of hydrogen-bond acceptors (Lipinski definition) is 2. The molecule has 1 rings (SSSR count). The normalized spacial score (nSPS) is 20.8. The molecule has 0 fully saturated rings. The standard InChI is InChI=1S/C12H24O2Si/c1-5-6-7-13-10-11-8-12(9-11)14-15(2,3)4/h8,11H,5-7,9-10H2,1-4H3. The molecule has 1 atom stereocenters. The SMILES string of the molecule is CCCCOCC1C=C(O[Si](C)(C)C)C1. The molecule has 1 aliphatic rings. The van der Waals surface area contributed by atoms with Crippen LogP contribution < -0.4 is 0 Å². The third kappa shape index (κ3) is 5.38. The van der Waals surface area contributed by atoms with Crippen molar-refractivity contribution in [1.29, 1.82) is 0 Å². The summed E-state index contributed by atoms with van der Waals surface area (Å²) in [5.74, 6) is 1.80. The van der Waals surface area contributed by atoms with Crippen molar-refractivity contribution in [2.24, 2.45) is 5.92 Å². The van der Waals surface area contributed by atoms with E-state index in [2.05, 4.69) is 32.6 Å². The van der Waals surface area contributed by atoms with E-state index in [1.54, 1.807) is 0 Å². The van der Waals surface area contributed by atoms with Gasteiger partial charge in [0.15, 0.2) is 0 Å². The fraction of sp³-hybridized carbons (Fsp3) is 0.833. The maximum absolute atomic E-state index is 5.88. The van der Waals surface area contributed by atoms with Gasteiger partial charge in [0.05, 0.1) is 12.4 Å². The topological polar surface area (TPSA) is 18.5 Å². The molecule has 0 saturated heterocycles. The largest absolute Gasteiger partial charge is 0.548 e. The van der Waals surface area contributed by atoms with Crippen LogP contribution in [0.5, 0.6) is 0 Å². The van der Waals surface area contributed by atoms with Crippen molar-refractivity contribution >= 4 is 8.32 Å². The molecule has 0 aromatic rings. The average molecular weight is 228 g/mol. The van der Waals surface area contributed by atoms with Gasteiger partial charge in [-0.1, -0.05) is 13.3 Å². The number of rotatable bonds is 7. The van der Waals surface area contributed by atoms with Crippen molar-refractivity contribution in [3.8, 4) is 0 Å². The monoisotopic (exact) mass is 228 g/mol. The number of allylic oxidation sites excluding steroid dienone is 1. The molecule has 0 bridgehead atoms. The fourth-order valence-electron chi connectivity index (χ4n) is 1.54. The molecule has 0 spiro atoms. The summed E-state index contributed by atoms with van der Waals surface area (Å²) in [6, 6.07) is 0. The predicted molar refractivity (Wildman–Crippen MR) is 66.3 cm³/mol. The molecule has 15 heavy (non-hydrogen) atoms. The Kier molecular flexibility index (Phi) is 4.86. The van der Waals surface area contributed by atoms with E-state index in [0.29, 0.717) is 5.92 Å². The molecule has 0 amide bonds.